The highest BCUT2D eigenvalue weighted by molar-refractivity contribution is 6.30. The van der Waals surface area contributed by atoms with E-state index < -0.39 is 0 Å². The van der Waals surface area contributed by atoms with E-state index in [9.17, 15) is 0 Å². The van der Waals surface area contributed by atoms with Gasteiger partial charge in [-0.3, -0.25) is 10.6 Å². The molecule has 1 aliphatic carbocycles. The van der Waals surface area contributed by atoms with Crippen LogP contribution in [0.15, 0.2) is 53.3 Å². The molecule has 1 aromatic carbocycles. The van der Waals surface area contributed by atoms with E-state index in [0.717, 1.165) is 21.9 Å². The number of hydrogen-bond acceptors (Lipinski definition) is 3. The van der Waals surface area contributed by atoms with Crippen molar-refractivity contribution in [1.82, 2.24) is 16.0 Å². The van der Waals surface area contributed by atoms with Crippen molar-refractivity contribution in [3.8, 4) is 0 Å². The number of nitrogens with one attached hydrogen (secondary N) is 3. The van der Waals surface area contributed by atoms with Crippen LogP contribution >= 0.6 is 11.6 Å². The minimum absolute atomic E-state index is 0.315. The van der Waals surface area contributed by atoms with E-state index in [1.54, 1.807) is 0 Å². The Morgan fingerprint density at radius 3 is 2.43 bits per heavy atom. The van der Waals surface area contributed by atoms with Gasteiger partial charge in [0.25, 0.3) is 0 Å². The van der Waals surface area contributed by atoms with E-state index >= 15 is 0 Å². The third kappa shape index (κ3) is 3.21. The second kappa shape index (κ2) is 6.48. The van der Waals surface area contributed by atoms with Crippen LogP contribution in [0.2, 0.25) is 5.02 Å². The summed E-state index contributed by atoms with van der Waals surface area (Å²) in [7, 11) is 5.83. The minimum Gasteiger partial charge on any atom is -0.388 e. The van der Waals surface area contributed by atoms with Gasteiger partial charge in [-0.2, -0.15) is 0 Å². The standard InChI is InChI=1S/C17H22ClN3/c1-12-8-14(9-13-6-5-7-15(18)10-13)16(19-2)11-17(12,20-3)21-4/h5-11,19-21H,1-4H3. The lowest BCUT2D eigenvalue weighted by Crippen LogP contribution is -2.54. The smallest absolute Gasteiger partial charge is 0.112 e. The fourth-order valence-electron chi connectivity index (χ4n) is 2.61. The van der Waals surface area contributed by atoms with E-state index in [-0.39, 0.29) is 5.66 Å². The topological polar surface area (TPSA) is 36.1 Å². The van der Waals surface area contributed by atoms with Gasteiger partial charge in [0.2, 0.25) is 0 Å². The summed E-state index contributed by atoms with van der Waals surface area (Å²) < 4.78 is 0. The highest BCUT2D eigenvalue weighted by atomic mass is 35.5. The quantitative estimate of drug-likeness (QED) is 0.749. The maximum atomic E-state index is 6.06. The molecule has 0 unspecified atom stereocenters. The Hall–Kier alpha value is -1.55. The Morgan fingerprint density at radius 2 is 1.86 bits per heavy atom. The zero-order valence-corrected chi connectivity index (χ0v) is 13.7. The van der Waals surface area contributed by atoms with Crippen molar-refractivity contribution >= 4 is 17.7 Å². The zero-order chi connectivity index (χ0) is 15.5. The van der Waals surface area contributed by atoms with Crippen LogP contribution in [0.1, 0.15) is 12.5 Å². The number of likely N-dealkylation sites (N-methyl/N-ethyl adjacent to an activating group) is 3. The summed E-state index contributed by atoms with van der Waals surface area (Å²) in [5.41, 5.74) is 4.19. The van der Waals surface area contributed by atoms with E-state index in [4.69, 9.17) is 11.6 Å². The molecule has 2 rings (SSSR count). The van der Waals surface area contributed by atoms with Gasteiger partial charge in [-0.25, -0.2) is 0 Å². The molecule has 4 heteroatoms. The molecule has 1 aromatic rings. The Kier molecular flexibility index (Phi) is 4.88. The first-order chi connectivity index (χ1) is 10.0. The van der Waals surface area contributed by atoms with Crippen LogP contribution < -0.4 is 16.0 Å². The first-order valence-electron chi connectivity index (χ1n) is 6.99. The van der Waals surface area contributed by atoms with Crippen molar-refractivity contribution in [2.75, 3.05) is 21.1 Å². The van der Waals surface area contributed by atoms with Crippen LogP contribution in [0.5, 0.6) is 0 Å². The summed E-state index contributed by atoms with van der Waals surface area (Å²) in [4.78, 5) is 0. The fraction of sp³-hybridized carbons (Fsp3) is 0.294. The van der Waals surface area contributed by atoms with Crippen molar-refractivity contribution in [2.24, 2.45) is 0 Å². The summed E-state index contributed by atoms with van der Waals surface area (Å²) in [5, 5.41) is 10.7. The molecule has 3 N–H and O–H groups in total. The summed E-state index contributed by atoms with van der Waals surface area (Å²) in [6.45, 7) is 2.11. The molecule has 0 aromatic heterocycles. The molecule has 3 nitrogen and oxygen atoms in total. The van der Waals surface area contributed by atoms with Crippen LogP contribution in [0.4, 0.5) is 0 Å². The highest BCUT2D eigenvalue weighted by Crippen LogP contribution is 2.28. The van der Waals surface area contributed by atoms with Gasteiger partial charge in [0.1, 0.15) is 5.66 Å². The Labute approximate surface area is 131 Å². The number of benzene rings is 1. The van der Waals surface area contributed by atoms with Crippen molar-refractivity contribution in [2.45, 2.75) is 12.6 Å². The molecule has 0 saturated carbocycles. The predicted octanol–water partition coefficient (Wildman–Crippen LogP) is 2.92. The maximum absolute atomic E-state index is 6.06. The molecule has 0 bridgehead atoms. The van der Waals surface area contributed by atoms with Crippen molar-refractivity contribution in [1.29, 1.82) is 0 Å². The first kappa shape index (κ1) is 15.8. The number of allylic oxidation sites excluding steroid dienone is 1. The highest BCUT2D eigenvalue weighted by Gasteiger charge is 2.30. The Morgan fingerprint density at radius 1 is 1.14 bits per heavy atom. The van der Waals surface area contributed by atoms with Crippen LogP contribution in [0, 0.1) is 0 Å². The van der Waals surface area contributed by atoms with Gasteiger partial charge < -0.3 is 5.32 Å². The molecule has 21 heavy (non-hydrogen) atoms. The van der Waals surface area contributed by atoms with E-state index in [2.05, 4.69) is 41.1 Å². The van der Waals surface area contributed by atoms with Gasteiger partial charge in [0, 0.05) is 17.8 Å². The molecule has 112 valence electrons. The summed E-state index contributed by atoms with van der Waals surface area (Å²) in [6, 6.07) is 7.85. The Balaban J connectivity index is 2.46. The summed E-state index contributed by atoms with van der Waals surface area (Å²) in [5.74, 6) is 0. The van der Waals surface area contributed by atoms with Crippen LogP contribution in [0.25, 0.3) is 6.08 Å². The molecular weight excluding hydrogens is 282 g/mol. The van der Waals surface area contributed by atoms with Crippen LogP contribution in [-0.4, -0.2) is 26.8 Å². The van der Waals surface area contributed by atoms with Gasteiger partial charge in [0.05, 0.1) is 0 Å². The van der Waals surface area contributed by atoms with Gasteiger partial charge >= 0.3 is 0 Å². The second-order valence-electron chi connectivity index (χ2n) is 5.10. The average molecular weight is 304 g/mol. The zero-order valence-electron chi connectivity index (χ0n) is 12.9. The van der Waals surface area contributed by atoms with Gasteiger partial charge in [-0.15, -0.1) is 0 Å². The molecule has 0 radical (unpaired) electrons. The fourth-order valence-corrected chi connectivity index (χ4v) is 2.81. The molecule has 0 aliphatic heterocycles. The summed E-state index contributed by atoms with van der Waals surface area (Å²) in [6.07, 6.45) is 6.48. The number of hydrogen-bond donors (Lipinski definition) is 3. The predicted molar refractivity (Wildman–Crippen MR) is 91.2 cm³/mol. The monoisotopic (exact) mass is 303 g/mol. The molecule has 0 fully saturated rings. The minimum atomic E-state index is -0.315. The SMILES string of the molecule is CNC1=CC(NC)(NC)C(C)=CC1=Cc1cccc(Cl)c1. The lowest BCUT2D eigenvalue weighted by Gasteiger charge is -2.35. The second-order valence-corrected chi connectivity index (χ2v) is 5.53. The molecule has 0 saturated heterocycles. The largest absolute Gasteiger partial charge is 0.388 e. The lowest BCUT2D eigenvalue weighted by molar-refractivity contribution is 0.431. The van der Waals surface area contributed by atoms with Crippen LogP contribution in [-0.2, 0) is 0 Å². The number of rotatable bonds is 4. The van der Waals surface area contributed by atoms with Crippen molar-refractivity contribution < 1.29 is 0 Å². The molecule has 0 amide bonds. The van der Waals surface area contributed by atoms with E-state index in [0.29, 0.717) is 0 Å². The molecule has 1 aliphatic rings. The van der Waals surface area contributed by atoms with Gasteiger partial charge in [0.15, 0.2) is 0 Å². The maximum Gasteiger partial charge on any atom is 0.112 e. The molecule has 0 spiro atoms. The van der Waals surface area contributed by atoms with Crippen LogP contribution in [0.3, 0.4) is 0 Å². The summed E-state index contributed by atoms with van der Waals surface area (Å²) >= 11 is 6.06. The lowest BCUT2D eigenvalue weighted by atomic mass is 9.89. The normalized spacial score (nSPS) is 19.2. The Bertz CT molecular complexity index is 610. The van der Waals surface area contributed by atoms with Gasteiger partial charge in [-0.05, 0) is 62.0 Å². The molecule has 0 heterocycles. The van der Waals surface area contributed by atoms with Crippen molar-refractivity contribution in [3.63, 3.8) is 0 Å². The van der Waals surface area contributed by atoms with Gasteiger partial charge in [-0.1, -0.05) is 29.8 Å². The third-order valence-electron chi connectivity index (χ3n) is 3.89. The first-order valence-corrected chi connectivity index (χ1v) is 7.37. The van der Waals surface area contributed by atoms with E-state index in [1.807, 2.05) is 45.4 Å². The van der Waals surface area contributed by atoms with Crippen molar-refractivity contribution in [3.05, 3.63) is 63.8 Å². The van der Waals surface area contributed by atoms with E-state index in [1.165, 1.54) is 5.57 Å². The average Bonchev–Trinajstić information content (AvgIpc) is 2.48. The molecule has 0 atom stereocenters. The third-order valence-corrected chi connectivity index (χ3v) is 4.13. The number of halogens is 1. The molecular formula is C17H22ClN3.